The second kappa shape index (κ2) is 5.06. The maximum atomic E-state index is 12.9. The molecule has 0 saturated heterocycles. The summed E-state index contributed by atoms with van der Waals surface area (Å²) in [4.78, 5) is 21.2. The summed E-state index contributed by atoms with van der Waals surface area (Å²) in [6, 6.07) is 3.28. The summed E-state index contributed by atoms with van der Waals surface area (Å²) in [5.41, 5.74) is 6.80. The molecule has 90 valence electrons. The van der Waals surface area contributed by atoms with Gasteiger partial charge in [0.25, 0.3) is 0 Å². The van der Waals surface area contributed by atoms with Gasteiger partial charge in [-0.3, -0.25) is 9.59 Å². The fraction of sp³-hybridized carbons (Fsp3) is 0.100. The molecule has 0 aromatic heterocycles. The number of carbonyl (C=O) groups excluding carboxylic acids is 2. The number of benzene rings is 1. The van der Waals surface area contributed by atoms with E-state index in [0.717, 1.165) is 18.2 Å². The monoisotopic (exact) mass is 239 g/mol. The number of amides is 2. The average molecular weight is 239 g/mol. The van der Waals surface area contributed by atoms with Crippen molar-refractivity contribution in [2.24, 2.45) is 10.8 Å². The summed E-state index contributed by atoms with van der Waals surface area (Å²) >= 11 is 0. The van der Waals surface area contributed by atoms with E-state index in [-0.39, 0.29) is 17.0 Å². The molecule has 0 bridgehead atoms. The van der Waals surface area contributed by atoms with Gasteiger partial charge in [-0.15, -0.1) is 0 Å². The Bertz CT molecular complexity index is 500. The summed E-state index contributed by atoms with van der Waals surface area (Å²) in [6.07, 6.45) is 0. The van der Waals surface area contributed by atoms with Crippen molar-refractivity contribution in [3.63, 3.8) is 0 Å². The van der Waals surface area contributed by atoms with Gasteiger partial charge in [-0.1, -0.05) is 0 Å². The minimum Gasteiger partial charge on any atom is -0.507 e. The molecule has 1 rings (SSSR count). The molecule has 0 spiro atoms. The lowest BCUT2D eigenvalue weighted by atomic mass is 10.1. The lowest BCUT2D eigenvalue weighted by molar-refractivity contribution is -0.137. The Balaban J connectivity index is 2.92. The zero-order valence-electron chi connectivity index (χ0n) is 8.90. The number of phenolic OH excluding ortho intramolecular Hbond substituents is 1. The maximum Gasteiger partial charge on any atom is 0.329 e. The van der Waals surface area contributed by atoms with Gasteiger partial charge < -0.3 is 10.8 Å². The van der Waals surface area contributed by atoms with Crippen LogP contribution in [0.15, 0.2) is 23.3 Å². The highest BCUT2D eigenvalue weighted by molar-refractivity contribution is 6.34. The number of primary amides is 1. The molecule has 7 heteroatoms. The maximum absolute atomic E-state index is 12.9. The summed E-state index contributed by atoms with van der Waals surface area (Å²) in [6.45, 7) is 1.43. The van der Waals surface area contributed by atoms with E-state index in [9.17, 15) is 19.1 Å². The largest absolute Gasteiger partial charge is 0.507 e. The summed E-state index contributed by atoms with van der Waals surface area (Å²) < 4.78 is 12.9. The van der Waals surface area contributed by atoms with Crippen molar-refractivity contribution in [2.45, 2.75) is 6.92 Å². The predicted octanol–water partition coefficient (Wildman–Crippen LogP) is -0.143. The molecule has 0 aliphatic carbocycles. The SMILES string of the molecule is C/C(=N/NC(=O)C(N)=O)c1cc(F)ccc1O. The van der Waals surface area contributed by atoms with Crippen molar-refractivity contribution < 1.29 is 19.1 Å². The number of halogens is 1. The Morgan fingerprint density at radius 3 is 2.71 bits per heavy atom. The molecule has 1 aromatic rings. The third kappa shape index (κ3) is 3.26. The Morgan fingerprint density at radius 2 is 2.12 bits per heavy atom. The number of aromatic hydroxyl groups is 1. The molecule has 0 aliphatic rings. The van der Waals surface area contributed by atoms with Crippen molar-refractivity contribution in [2.75, 3.05) is 0 Å². The number of rotatable bonds is 2. The van der Waals surface area contributed by atoms with Crippen LogP contribution >= 0.6 is 0 Å². The zero-order valence-corrected chi connectivity index (χ0v) is 8.90. The van der Waals surface area contributed by atoms with Crippen molar-refractivity contribution in [3.05, 3.63) is 29.6 Å². The molecule has 0 aliphatic heterocycles. The van der Waals surface area contributed by atoms with Crippen LogP contribution < -0.4 is 11.2 Å². The van der Waals surface area contributed by atoms with Crippen LogP contribution in [0, 0.1) is 5.82 Å². The van der Waals surface area contributed by atoms with E-state index in [4.69, 9.17) is 0 Å². The average Bonchev–Trinajstić information content (AvgIpc) is 2.28. The number of carbonyl (C=O) groups is 2. The van der Waals surface area contributed by atoms with E-state index < -0.39 is 17.6 Å². The van der Waals surface area contributed by atoms with Gasteiger partial charge >= 0.3 is 11.8 Å². The van der Waals surface area contributed by atoms with Gasteiger partial charge in [-0.2, -0.15) is 5.10 Å². The normalized spacial score (nSPS) is 11.1. The topological polar surface area (TPSA) is 105 Å². The van der Waals surface area contributed by atoms with E-state index >= 15 is 0 Å². The smallest absolute Gasteiger partial charge is 0.329 e. The fourth-order valence-corrected chi connectivity index (χ4v) is 1.05. The number of nitrogens with two attached hydrogens (primary N) is 1. The van der Waals surface area contributed by atoms with Gasteiger partial charge in [0.1, 0.15) is 11.6 Å². The van der Waals surface area contributed by atoms with Crippen LogP contribution in [0.4, 0.5) is 4.39 Å². The van der Waals surface area contributed by atoms with Gasteiger partial charge in [0.15, 0.2) is 0 Å². The van der Waals surface area contributed by atoms with Gasteiger partial charge in [0, 0.05) is 5.56 Å². The van der Waals surface area contributed by atoms with Gasteiger partial charge in [0.05, 0.1) is 5.71 Å². The highest BCUT2D eigenvalue weighted by Gasteiger charge is 2.09. The molecule has 0 fully saturated rings. The van der Waals surface area contributed by atoms with Gasteiger partial charge in [-0.25, -0.2) is 9.82 Å². The highest BCUT2D eigenvalue weighted by atomic mass is 19.1. The van der Waals surface area contributed by atoms with Crippen molar-refractivity contribution in [1.82, 2.24) is 5.43 Å². The standard InChI is InChI=1S/C10H10FN3O3/c1-5(13-14-10(17)9(12)16)7-4-6(11)2-3-8(7)15/h2-4,15H,1H3,(H2,12,16)(H,14,17)/b13-5-. The van der Waals surface area contributed by atoms with E-state index in [2.05, 4.69) is 10.8 Å². The molecule has 6 nitrogen and oxygen atoms in total. The number of nitrogens with zero attached hydrogens (tertiary/aromatic N) is 1. The van der Waals surface area contributed by atoms with Crippen LogP contribution in [0.5, 0.6) is 5.75 Å². The van der Waals surface area contributed by atoms with Gasteiger partial charge in [0.2, 0.25) is 0 Å². The molecular weight excluding hydrogens is 229 g/mol. The molecule has 0 unspecified atom stereocenters. The predicted molar refractivity (Wildman–Crippen MR) is 57.6 cm³/mol. The zero-order chi connectivity index (χ0) is 13.0. The first-order valence-electron chi connectivity index (χ1n) is 4.54. The summed E-state index contributed by atoms with van der Waals surface area (Å²) in [7, 11) is 0. The highest BCUT2D eigenvalue weighted by Crippen LogP contribution is 2.18. The first-order valence-corrected chi connectivity index (χ1v) is 4.54. The van der Waals surface area contributed by atoms with Gasteiger partial charge in [-0.05, 0) is 25.1 Å². The molecule has 0 atom stereocenters. The van der Waals surface area contributed by atoms with E-state index in [1.807, 2.05) is 5.43 Å². The van der Waals surface area contributed by atoms with Crippen LogP contribution in [0.25, 0.3) is 0 Å². The first kappa shape index (κ1) is 12.6. The third-order valence-corrected chi connectivity index (χ3v) is 1.90. The van der Waals surface area contributed by atoms with Crippen molar-refractivity contribution in [3.8, 4) is 5.75 Å². The molecule has 2 amide bonds. The van der Waals surface area contributed by atoms with Crippen LogP contribution in [0.1, 0.15) is 12.5 Å². The fourth-order valence-electron chi connectivity index (χ4n) is 1.05. The molecule has 4 N–H and O–H groups in total. The molecule has 1 aromatic carbocycles. The van der Waals surface area contributed by atoms with Crippen LogP contribution in [-0.4, -0.2) is 22.6 Å². The molecule has 0 saturated carbocycles. The van der Waals surface area contributed by atoms with E-state index in [0.29, 0.717) is 0 Å². The molecule has 0 heterocycles. The Labute approximate surface area is 95.9 Å². The molecule has 17 heavy (non-hydrogen) atoms. The molecule has 0 radical (unpaired) electrons. The third-order valence-electron chi connectivity index (χ3n) is 1.90. The van der Waals surface area contributed by atoms with Crippen molar-refractivity contribution in [1.29, 1.82) is 0 Å². The lowest BCUT2D eigenvalue weighted by Gasteiger charge is -2.04. The summed E-state index contributed by atoms with van der Waals surface area (Å²) in [5, 5.41) is 12.9. The number of hydrogen-bond donors (Lipinski definition) is 3. The minimum atomic E-state index is -1.19. The Morgan fingerprint density at radius 1 is 1.47 bits per heavy atom. The number of hydrazone groups is 1. The number of phenols is 1. The quantitative estimate of drug-likeness (QED) is 0.380. The number of hydrogen-bond acceptors (Lipinski definition) is 4. The minimum absolute atomic E-state index is 0.106. The second-order valence-electron chi connectivity index (χ2n) is 3.16. The van der Waals surface area contributed by atoms with Crippen LogP contribution in [0.2, 0.25) is 0 Å². The first-order chi connectivity index (χ1) is 7.91. The van der Waals surface area contributed by atoms with Crippen LogP contribution in [0.3, 0.4) is 0 Å². The Hall–Kier alpha value is -2.44. The molecular formula is C10H10FN3O3. The second-order valence-corrected chi connectivity index (χ2v) is 3.16. The van der Waals surface area contributed by atoms with Crippen molar-refractivity contribution >= 4 is 17.5 Å². The lowest BCUT2D eigenvalue weighted by Crippen LogP contribution is -2.33. The van der Waals surface area contributed by atoms with E-state index in [1.54, 1.807) is 0 Å². The Kier molecular flexibility index (Phi) is 3.76. The summed E-state index contributed by atoms with van der Waals surface area (Å²) in [5.74, 6) is -3.04. The van der Waals surface area contributed by atoms with Crippen LogP contribution in [-0.2, 0) is 9.59 Å². The number of nitrogens with one attached hydrogen (secondary N) is 1. The van der Waals surface area contributed by atoms with E-state index in [1.165, 1.54) is 6.92 Å².